The van der Waals surface area contributed by atoms with Gasteiger partial charge in [-0.1, -0.05) is 311 Å². The number of hydrogen-bond donors (Lipinski definition) is 0. The summed E-state index contributed by atoms with van der Waals surface area (Å²) < 4.78 is 16.9. The Morgan fingerprint density at radius 2 is 0.481 bits per heavy atom. The van der Waals surface area contributed by atoms with Crippen LogP contribution in [-0.4, -0.2) is 37.2 Å². The van der Waals surface area contributed by atoms with Crippen LogP contribution in [0.15, 0.2) is 85.1 Å². The van der Waals surface area contributed by atoms with Crippen molar-refractivity contribution in [1.29, 1.82) is 0 Å². The maximum absolute atomic E-state index is 12.9. The molecule has 81 heavy (non-hydrogen) atoms. The lowest BCUT2D eigenvalue weighted by atomic mass is 10.0. The van der Waals surface area contributed by atoms with Crippen molar-refractivity contribution in [2.75, 3.05) is 13.2 Å². The Hall–Kier alpha value is -3.41. The second-order valence-corrected chi connectivity index (χ2v) is 23.4. The van der Waals surface area contributed by atoms with Gasteiger partial charge in [0.15, 0.2) is 6.10 Å². The van der Waals surface area contributed by atoms with E-state index in [9.17, 15) is 14.4 Å². The molecule has 0 bridgehead atoms. The van der Waals surface area contributed by atoms with Crippen LogP contribution in [0.2, 0.25) is 0 Å². The molecule has 0 saturated carbocycles. The van der Waals surface area contributed by atoms with Gasteiger partial charge < -0.3 is 14.2 Å². The van der Waals surface area contributed by atoms with Crippen molar-refractivity contribution < 1.29 is 28.6 Å². The molecule has 0 radical (unpaired) electrons. The highest BCUT2D eigenvalue weighted by Crippen LogP contribution is 2.18. The summed E-state index contributed by atoms with van der Waals surface area (Å²) in [4.78, 5) is 38.4. The van der Waals surface area contributed by atoms with Crippen LogP contribution in [0, 0.1) is 0 Å². The van der Waals surface area contributed by atoms with Crippen molar-refractivity contribution in [3.8, 4) is 0 Å². The highest BCUT2D eigenvalue weighted by atomic mass is 16.6. The van der Waals surface area contributed by atoms with E-state index >= 15 is 0 Å². The molecular weight excluding hydrogens is 997 g/mol. The van der Waals surface area contributed by atoms with Crippen LogP contribution >= 0.6 is 0 Å². The number of carbonyl (C=O) groups is 3. The topological polar surface area (TPSA) is 78.9 Å². The van der Waals surface area contributed by atoms with Gasteiger partial charge in [0.2, 0.25) is 0 Å². The van der Waals surface area contributed by atoms with Gasteiger partial charge in [0.25, 0.3) is 0 Å². The van der Waals surface area contributed by atoms with Crippen LogP contribution in [0.5, 0.6) is 0 Å². The summed E-state index contributed by atoms with van der Waals surface area (Å²) in [5.74, 6) is -0.896. The molecule has 6 nitrogen and oxygen atoms in total. The molecule has 0 N–H and O–H groups in total. The lowest BCUT2D eigenvalue weighted by Gasteiger charge is -2.18. The zero-order valence-corrected chi connectivity index (χ0v) is 53.8. The first-order valence-electron chi connectivity index (χ1n) is 35.1. The third kappa shape index (κ3) is 67.3. The van der Waals surface area contributed by atoms with Crippen LogP contribution in [0.1, 0.15) is 355 Å². The van der Waals surface area contributed by atoms with Crippen molar-refractivity contribution in [3.63, 3.8) is 0 Å². The standard InChI is InChI=1S/C75H132O6/c1-4-7-10-13-16-19-22-25-28-30-31-32-33-34-35-36-37-38-39-40-41-42-43-45-47-50-53-56-59-62-65-68-74(77)80-71-72(70-79-73(76)67-64-61-58-55-52-49-46-27-24-21-18-15-12-9-6-3)81-75(78)69-66-63-60-57-54-51-48-44-29-26-23-20-17-14-11-8-5-2/h8-9,11-12,17-18,20-21,26-27,29-31,46,72H,4-7,10,13-16,19,22-25,28,32-45,47-71H2,1-3H3/b11-8-,12-9-,20-17-,21-18-,29-26-,31-30-,46-27-. The largest absolute Gasteiger partial charge is 0.462 e. The highest BCUT2D eigenvalue weighted by molar-refractivity contribution is 5.71. The smallest absolute Gasteiger partial charge is 0.306 e. The number of unbranched alkanes of at least 4 members (excludes halogenated alkanes) is 39. The molecule has 0 aliphatic rings. The quantitative estimate of drug-likeness (QED) is 0.0261. The fraction of sp³-hybridized carbons (Fsp3) is 0.773. The average molecular weight is 1130 g/mol. The monoisotopic (exact) mass is 1130 g/mol. The van der Waals surface area contributed by atoms with Gasteiger partial charge in [-0.25, -0.2) is 0 Å². The number of ether oxygens (including phenoxy) is 3. The van der Waals surface area contributed by atoms with Gasteiger partial charge in [0, 0.05) is 19.3 Å². The summed E-state index contributed by atoms with van der Waals surface area (Å²) >= 11 is 0. The molecule has 0 rings (SSSR count). The highest BCUT2D eigenvalue weighted by Gasteiger charge is 2.19. The normalized spacial score (nSPS) is 12.6. The van der Waals surface area contributed by atoms with Crippen molar-refractivity contribution in [2.24, 2.45) is 0 Å². The first-order chi connectivity index (χ1) is 40.0. The second kappa shape index (κ2) is 69.1. The summed E-state index contributed by atoms with van der Waals surface area (Å²) in [6, 6.07) is 0. The number of hydrogen-bond acceptors (Lipinski definition) is 6. The fourth-order valence-corrected chi connectivity index (χ4v) is 10.2. The molecule has 0 spiro atoms. The molecule has 0 amide bonds. The Labute approximate surface area is 503 Å². The number of rotatable bonds is 64. The molecule has 0 heterocycles. The molecule has 0 aliphatic heterocycles. The Morgan fingerprint density at radius 3 is 0.765 bits per heavy atom. The van der Waals surface area contributed by atoms with E-state index < -0.39 is 6.10 Å². The van der Waals surface area contributed by atoms with Crippen LogP contribution in [-0.2, 0) is 28.6 Å². The number of carbonyl (C=O) groups excluding carboxylic acids is 3. The lowest BCUT2D eigenvalue weighted by molar-refractivity contribution is -0.167. The minimum Gasteiger partial charge on any atom is -0.462 e. The molecule has 0 aliphatic carbocycles. The van der Waals surface area contributed by atoms with Gasteiger partial charge in [-0.2, -0.15) is 0 Å². The summed E-state index contributed by atoms with van der Waals surface area (Å²) in [6.07, 6.45) is 92.0. The van der Waals surface area contributed by atoms with Crippen LogP contribution in [0.25, 0.3) is 0 Å². The summed E-state index contributed by atoms with van der Waals surface area (Å²) in [6.45, 7) is 6.44. The molecule has 0 aromatic carbocycles. The van der Waals surface area contributed by atoms with Gasteiger partial charge in [-0.05, 0) is 109 Å². The maximum Gasteiger partial charge on any atom is 0.306 e. The molecule has 0 fully saturated rings. The van der Waals surface area contributed by atoms with E-state index in [4.69, 9.17) is 14.2 Å². The SMILES string of the molecule is CC/C=C\C/C=C\C/C=C\CCCCCCCCCC(=O)OC(COC(=O)CCCCCCC/C=C\C/C=C\C/C=C\CC)COC(=O)CCCCCCCCCCCCCCCCCCCCC/C=C\CCCCCCCCCC. The third-order valence-corrected chi connectivity index (χ3v) is 15.4. The van der Waals surface area contributed by atoms with Crippen molar-refractivity contribution in [3.05, 3.63) is 85.1 Å². The van der Waals surface area contributed by atoms with Gasteiger partial charge in [0.1, 0.15) is 13.2 Å². The summed E-state index contributed by atoms with van der Waals surface area (Å²) in [5, 5.41) is 0. The minimum absolute atomic E-state index is 0.0838. The molecule has 468 valence electrons. The Morgan fingerprint density at radius 1 is 0.259 bits per heavy atom. The maximum atomic E-state index is 12.9. The van der Waals surface area contributed by atoms with Crippen molar-refractivity contribution >= 4 is 17.9 Å². The van der Waals surface area contributed by atoms with Crippen LogP contribution in [0.4, 0.5) is 0 Å². The van der Waals surface area contributed by atoms with Gasteiger partial charge in [-0.15, -0.1) is 0 Å². The van der Waals surface area contributed by atoms with Gasteiger partial charge in [-0.3, -0.25) is 14.4 Å². The zero-order valence-electron chi connectivity index (χ0n) is 53.8. The van der Waals surface area contributed by atoms with Crippen LogP contribution < -0.4 is 0 Å². The second-order valence-electron chi connectivity index (χ2n) is 23.4. The minimum atomic E-state index is -0.790. The third-order valence-electron chi connectivity index (χ3n) is 15.4. The van der Waals surface area contributed by atoms with Crippen LogP contribution in [0.3, 0.4) is 0 Å². The first-order valence-corrected chi connectivity index (χ1v) is 35.1. The number of esters is 3. The zero-order chi connectivity index (χ0) is 58.5. The number of allylic oxidation sites excluding steroid dienone is 14. The van der Waals surface area contributed by atoms with E-state index in [2.05, 4.69) is 106 Å². The predicted octanol–water partition coefficient (Wildman–Crippen LogP) is 24.2. The Bertz CT molecular complexity index is 1530. The average Bonchev–Trinajstić information content (AvgIpc) is 3.47. The van der Waals surface area contributed by atoms with Gasteiger partial charge in [0.05, 0.1) is 0 Å². The van der Waals surface area contributed by atoms with E-state index in [1.807, 2.05) is 0 Å². The summed E-state index contributed by atoms with van der Waals surface area (Å²) in [7, 11) is 0. The van der Waals surface area contributed by atoms with Gasteiger partial charge >= 0.3 is 17.9 Å². The molecule has 1 unspecified atom stereocenters. The predicted molar refractivity (Wildman–Crippen MR) is 353 cm³/mol. The molecule has 1 atom stereocenters. The van der Waals surface area contributed by atoms with E-state index in [-0.39, 0.29) is 31.1 Å². The molecule has 0 saturated heterocycles. The first kappa shape index (κ1) is 77.6. The molecule has 0 aromatic heterocycles. The molecule has 0 aromatic rings. The molecular formula is C75H132O6. The summed E-state index contributed by atoms with van der Waals surface area (Å²) in [5.41, 5.74) is 0. The Kier molecular flexibility index (Phi) is 66.2. The van der Waals surface area contributed by atoms with E-state index in [1.165, 1.54) is 193 Å². The molecule has 6 heteroatoms. The van der Waals surface area contributed by atoms with E-state index in [0.29, 0.717) is 19.3 Å². The Balaban J connectivity index is 4.21. The lowest BCUT2D eigenvalue weighted by Crippen LogP contribution is -2.30. The fourth-order valence-electron chi connectivity index (χ4n) is 10.2. The van der Waals surface area contributed by atoms with Crippen molar-refractivity contribution in [1.82, 2.24) is 0 Å². The van der Waals surface area contributed by atoms with E-state index in [0.717, 1.165) is 122 Å². The van der Waals surface area contributed by atoms with Crippen molar-refractivity contribution in [2.45, 2.75) is 361 Å². The van der Waals surface area contributed by atoms with E-state index in [1.54, 1.807) is 0 Å².